The number of alkyl halides is 1. The van der Waals surface area contributed by atoms with Crippen LogP contribution in [0.1, 0.15) is 16.1 Å². The molecule has 0 aliphatic carbocycles. The van der Waals surface area contributed by atoms with Crippen LogP contribution in [0.2, 0.25) is 0 Å². The summed E-state index contributed by atoms with van der Waals surface area (Å²) in [5, 5.41) is 0. The van der Waals surface area contributed by atoms with E-state index in [0.29, 0.717) is 0 Å². The van der Waals surface area contributed by atoms with Crippen molar-refractivity contribution in [2.45, 2.75) is 11.9 Å². The normalized spacial score (nSPS) is 13.1. The van der Waals surface area contributed by atoms with E-state index in [-0.39, 0.29) is 4.95 Å². The number of aryl methyl sites for hydroxylation is 1. The third-order valence-corrected chi connectivity index (χ3v) is 1.98. The number of halogens is 1. The van der Waals surface area contributed by atoms with Crippen LogP contribution in [-0.4, -0.2) is 0 Å². The first-order valence-corrected chi connectivity index (χ1v) is 4.08. The summed E-state index contributed by atoms with van der Waals surface area (Å²) in [6.07, 6.45) is 0. The van der Waals surface area contributed by atoms with Gasteiger partial charge < -0.3 is 5.73 Å². The van der Waals surface area contributed by atoms with Crippen LogP contribution in [0.5, 0.6) is 0 Å². The van der Waals surface area contributed by atoms with Crippen LogP contribution in [0, 0.1) is 6.92 Å². The Balaban J connectivity index is 3.03. The molecule has 0 saturated heterocycles. The van der Waals surface area contributed by atoms with Gasteiger partial charge in [-0.15, -0.1) is 0 Å². The van der Waals surface area contributed by atoms with Crippen molar-refractivity contribution in [1.29, 1.82) is 0 Å². The summed E-state index contributed by atoms with van der Waals surface area (Å²) in [6, 6.07) is 8.07. The van der Waals surface area contributed by atoms with E-state index in [4.69, 9.17) is 5.73 Å². The van der Waals surface area contributed by atoms with Gasteiger partial charge in [0.2, 0.25) is 0 Å². The fourth-order valence-electron chi connectivity index (χ4n) is 0.896. The van der Waals surface area contributed by atoms with E-state index in [1.807, 2.05) is 18.2 Å². The van der Waals surface area contributed by atoms with E-state index >= 15 is 0 Å². The number of hydrogen-bond acceptors (Lipinski definition) is 1. The third-order valence-electron chi connectivity index (χ3n) is 1.49. The summed E-state index contributed by atoms with van der Waals surface area (Å²) >= 11 is 3.31. The average Bonchev–Trinajstić information content (AvgIpc) is 1.88. The number of hydrogen-bond donors (Lipinski definition) is 1. The molecule has 1 aromatic rings. The van der Waals surface area contributed by atoms with Crippen molar-refractivity contribution in [2.75, 3.05) is 0 Å². The molecule has 1 atom stereocenters. The van der Waals surface area contributed by atoms with Crippen molar-refractivity contribution in [1.82, 2.24) is 0 Å². The van der Waals surface area contributed by atoms with E-state index in [1.54, 1.807) is 0 Å². The van der Waals surface area contributed by atoms with E-state index in [1.165, 1.54) is 5.56 Å². The van der Waals surface area contributed by atoms with Gasteiger partial charge in [0.25, 0.3) is 0 Å². The van der Waals surface area contributed by atoms with Crippen molar-refractivity contribution < 1.29 is 0 Å². The second kappa shape index (κ2) is 3.17. The molecule has 1 aromatic carbocycles. The van der Waals surface area contributed by atoms with Gasteiger partial charge in [0, 0.05) is 0 Å². The summed E-state index contributed by atoms with van der Waals surface area (Å²) in [5.74, 6) is 0. The molecule has 2 N–H and O–H groups in total. The monoisotopic (exact) mass is 199 g/mol. The Morgan fingerprint density at radius 3 is 2.40 bits per heavy atom. The molecule has 54 valence electrons. The van der Waals surface area contributed by atoms with Crippen molar-refractivity contribution in [3.63, 3.8) is 0 Å². The number of benzene rings is 1. The quantitative estimate of drug-likeness (QED) is 0.546. The van der Waals surface area contributed by atoms with Crippen LogP contribution in [0.4, 0.5) is 0 Å². The highest BCUT2D eigenvalue weighted by atomic mass is 79.9. The highest BCUT2D eigenvalue weighted by Crippen LogP contribution is 2.19. The zero-order valence-electron chi connectivity index (χ0n) is 5.84. The van der Waals surface area contributed by atoms with Gasteiger partial charge in [-0.05, 0) is 18.1 Å². The predicted octanol–water partition coefficient (Wildman–Crippen LogP) is 2.35. The van der Waals surface area contributed by atoms with Crippen LogP contribution >= 0.6 is 15.9 Å². The number of rotatable bonds is 1. The fraction of sp³-hybridized carbons (Fsp3) is 0.250. The minimum Gasteiger partial charge on any atom is -0.315 e. The zero-order valence-corrected chi connectivity index (χ0v) is 7.43. The molecule has 1 rings (SSSR count). The molecule has 0 aliphatic heterocycles. The molecule has 0 bridgehead atoms. The van der Waals surface area contributed by atoms with Crippen LogP contribution < -0.4 is 5.73 Å². The largest absolute Gasteiger partial charge is 0.315 e. The summed E-state index contributed by atoms with van der Waals surface area (Å²) in [4.78, 5) is -0.0336. The summed E-state index contributed by atoms with van der Waals surface area (Å²) < 4.78 is 0. The zero-order chi connectivity index (χ0) is 7.56. The Morgan fingerprint density at radius 1 is 1.40 bits per heavy atom. The summed E-state index contributed by atoms with van der Waals surface area (Å²) in [7, 11) is 0. The van der Waals surface area contributed by atoms with Gasteiger partial charge in [0.1, 0.15) is 0 Å². The average molecular weight is 200 g/mol. The molecule has 0 fully saturated rings. The van der Waals surface area contributed by atoms with E-state index < -0.39 is 0 Å². The van der Waals surface area contributed by atoms with Crippen molar-refractivity contribution in [2.24, 2.45) is 5.73 Å². The minimum atomic E-state index is -0.0336. The molecular formula is C8H10BrN. The highest BCUT2D eigenvalue weighted by molar-refractivity contribution is 9.09. The van der Waals surface area contributed by atoms with Crippen molar-refractivity contribution in [3.8, 4) is 0 Å². The summed E-state index contributed by atoms with van der Waals surface area (Å²) in [5.41, 5.74) is 8.01. The lowest BCUT2D eigenvalue weighted by Crippen LogP contribution is -2.02. The van der Waals surface area contributed by atoms with Crippen LogP contribution in [-0.2, 0) is 0 Å². The molecule has 0 heterocycles. The molecule has 2 heteroatoms. The number of nitrogens with two attached hydrogens (primary N) is 1. The molecule has 1 unspecified atom stereocenters. The van der Waals surface area contributed by atoms with Crippen LogP contribution in [0.25, 0.3) is 0 Å². The van der Waals surface area contributed by atoms with Gasteiger partial charge >= 0.3 is 0 Å². The van der Waals surface area contributed by atoms with Gasteiger partial charge in [-0.25, -0.2) is 0 Å². The van der Waals surface area contributed by atoms with E-state index in [2.05, 4.69) is 28.9 Å². The molecule has 0 radical (unpaired) electrons. The van der Waals surface area contributed by atoms with Crippen LogP contribution in [0.3, 0.4) is 0 Å². The Kier molecular flexibility index (Phi) is 2.46. The topological polar surface area (TPSA) is 26.0 Å². The molecule has 0 saturated carbocycles. The SMILES string of the molecule is Cc1ccccc1C(N)Br. The standard InChI is InChI=1S/C8H10BrN/c1-6-4-2-3-5-7(6)8(9)10/h2-5,8H,10H2,1H3. The van der Waals surface area contributed by atoms with Gasteiger partial charge in [-0.1, -0.05) is 40.2 Å². The van der Waals surface area contributed by atoms with Crippen molar-refractivity contribution in [3.05, 3.63) is 35.4 Å². The maximum absolute atomic E-state index is 5.63. The lowest BCUT2D eigenvalue weighted by atomic mass is 10.1. The smallest absolute Gasteiger partial charge is 0.0864 e. The minimum absolute atomic E-state index is 0.0336. The van der Waals surface area contributed by atoms with Gasteiger partial charge in [0.05, 0.1) is 4.95 Å². The molecule has 0 aromatic heterocycles. The first-order chi connectivity index (χ1) is 4.72. The fourth-order valence-corrected chi connectivity index (χ4v) is 1.41. The van der Waals surface area contributed by atoms with Crippen LogP contribution in [0.15, 0.2) is 24.3 Å². The maximum Gasteiger partial charge on any atom is 0.0864 e. The Morgan fingerprint density at radius 2 is 2.00 bits per heavy atom. The Hall–Kier alpha value is -0.340. The molecule has 10 heavy (non-hydrogen) atoms. The first-order valence-electron chi connectivity index (χ1n) is 3.17. The highest BCUT2D eigenvalue weighted by Gasteiger charge is 2.01. The molecule has 0 amide bonds. The maximum atomic E-state index is 5.63. The second-order valence-electron chi connectivity index (χ2n) is 2.26. The second-order valence-corrected chi connectivity index (χ2v) is 3.24. The molecular weight excluding hydrogens is 190 g/mol. The summed E-state index contributed by atoms with van der Waals surface area (Å²) in [6.45, 7) is 2.05. The van der Waals surface area contributed by atoms with Gasteiger partial charge in [0.15, 0.2) is 0 Å². The molecule has 0 spiro atoms. The van der Waals surface area contributed by atoms with Crippen molar-refractivity contribution >= 4 is 15.9 Å². The molecule has 1 nitrogen and oxygen atoms in total. The van der Waals surface area contributed by atoms with Gasteiger partial charge in [-0.2, -0.15) is 0 Å². The Bertz CT molecular complexity index is 220. The lowest BCUT2D eigenvalue weighted by Gasteiger charge is -2.05. The first kappa shape index (κ1) is 7.76. The predicted molar refractivity (Wildman–Crippen MR) is 47.0 cm³/mol. The lowest BCUT2D eigenvalue weighted by molar-refractivity contribution is 1.04. The van der Waals surface area contributed by atoms with E-state index in [9.17, 15) is 0 Å². The molecule has 0 aliphatic rings. The van der Waals surface area contributed by atoms with E-state index in [0.717, 1.165) is 5.56 Å². The third kappa shape index (κ3) is 1.58. The Labute approximate surface area is 69.4 Å². The van der Waals surface area contributed by atoms with Gasteiger partial charge in [-0.3, -0.25) is 0 Å².